The average Bonchev–Trinajstić information content (AvgIpc) is 2.76. The summed E-state index contributed by atoms with van der Waals surface area (Å²) >= 11 is 6.06. The lowest BCUT2D eigenvalue weighted by Gasteiger charge is -2.37. The van der Waals surface area contributed by atoms with Gasteiger partial charge in [-0.05, 0) is 37.5 Å². The van der Waals surface area contributed by atoms with Crippen molar-refractivity contribution in [1.29, 1.82) is 0 Å². The lowest BCUT2D eigenvalue weighted by atomic mass is 9.87. The van der Waals surface area contributed by atoms with E-state index in [2.05, 4.69) is 10.6 Å². The number of carbonyl (C=O) groups excluding carboxylic acids is 3. The van der Waals surface area contributed by atoms with Crippen LogP contribution in [-0.4, -0.2) is 53.4 Å². The highest BCUT2D eigenvalue weighted by Crippen LogP contribution is 2.29. The van der Waals surface area contributed by atoms with Gasteiger partial charge in [-0.2, -0.15) is 0 Å². The van der Waals surface area contributed by atoms with Crippen molar-refractivity contribution in [1.82, 2.24) is 15.1 Å². The number of hydrogen-bond acceptors (Lipinski definition) is 3. The molecule has 3 rings (SSSR count). The molecule has 1 aromatic rings. The van der Waals surface area contributed by atoms with Crippen LogP contribution in [0, 0.1) is 6.92 Å². The van der Waals surface area contributed by atoms with Gasteiger partial charge in [0.2, 0.25) is 0 Å². The van der Waals surface area contributed by atoms with Crippen molar-refractivity contribution in [2.45, 2.75) is 25.3 Å². The highest BCUT2D eigenvalue weighted by atomic mass is 35.5. The van der Waals surface area contributed by atoms with E-state index in [-0.39, 0.29) is 18.0 Å². The molecule has 0 bridgehead atoms. The maximum atomic E-state index is 12.4. The van der Waals surface area contributed by atoms with Crippen LogP contribution in [0.1, 0.15) is 18.4 Å². The van der Waals surface area contributed by atoms with E-state index in [0.29, 0.717) is 36.6 Å². The van der Waals surface area contributed by atoms with E-state index in [1.54, 1.807) is 17.0 Å². The van der Waals surface area contributed by atoms with Gasteiger partial charge in [0.15, 0.2) is 0 Å². The van der Waals surface area contributed by atoms with E-state index in [9.17, 15) is 14.4 Å². The number of carbonyl (C=O) groups is 3. The summed E-state index contributed by atoms with van der Waals surface area (Å²) in [6.07, 6.45) is 0.813. The van der Waals surface area contributed by atoms with Crippen molar-refractivity contribution in [2.75, 3.05) is 25.5 Å². The number of amides is 5. The zero-order valence-corrected chi connectivity index (χ0v) is 14.3. The number of benzene rings is 1. The molecule has 2 aliphatic rings. The molecular formula is C16H19ClN4O3. The first kappa shape index (κ1) is 16.6. The topological polar surface area (TPSA) is 81.8 Å². The number of rotatable bonds is 1. The Morgan fingerprint density at radius 2 is 1.96 bits per heavy atom. The summed E-state index contributed by atoms with van der Waals surface area (Å²) in [6, 6.07) is 4.71. The molecule has 7 nitrogen and oxygen atoms in total. The first-order valence-corrected chi connectivity index (χ1v) is 8.12. The molecule has 8 heteroatoms. The number of urea groups is 2. The predicted molar refractivity (Wildman–Crippen MR) is 90.0 cm³/mol. The fourth-order valence-electron chi connectivity index (χ4n) is 3.06. The average molecular weight is 351 g/mol. The Bertz CT molecular complexity index is 713. The lowest BCUT2D eigenvalue weighted by molar-refractivity contribution is -0.131. The van der Waals surface area contributed by atoms with E-state index in [4.69, 9.17) is 11.6 Å². The fourth-order valence-corrected chi connectivity index (χ4v) is 3.24. The van der Waals surface area contributed by atoms with Crippen molar-refractivity contribution < 1.29 is 14.4 Å². The molecule has 1 spiro atoms. The number of aryl methyl sites for hydroxylation is 1. The van der Waals surface area contributed by atoms with E-state index >= 15 is 0 Å². The van der Waals surface area contributed by atoms with Gasteiger partial charge in [0, 0.05) is 30.8 Å². The van der Waals surface area contributed by atoms with Crippen molar-refractivity contribution in [3.05, 3.63) is 28.8 Å². The molecule has 1 aromatic carbocycles. The molecule has 0 atom stereocenters. The Morgan fingerprint density at radius 3 is 2.50 bits per heavy atom. The second-order valence-electron chi connectivity index (χ2n) is 6.26. The number of hydrogen-bond donors (Lipinski definition) is 2. The van der Waals surface area contributed by atoms with Crippen molar-refractivity contribution in [3.8, 4) is 0 Å². The number of likely N-dealkylation sites (N-methyl/N-ethyl adjacent to an activating group) is 1. The monoisotopic (exact) mass is 350 g/mol. The van der Waals surface area contributed by atoms with Gasteiger partial charge < -0.3 is 15.5 Å². The highest BCUT2D eigenvalue weighted by Gasteiger charge is 2.51. The van der Waals surface area contributed by atoms with Crippen LogP contribution in [0.15, 0.2) is 18.2 Å². The van der Waals surface area contributed by atoms with Gasteiger partial charge in [0.1, 0.15) is 5.54 Å². The fraction of sp³-hybridized carbons (Fsp3) is 0.438. The number of piperidine rings is 1. The second-order valence-corrected chi connectivity index (χ2v) is 6.66. The van der Waals surface area contributed by atoms with Gasteiger partial charge >= 0.3 is 12.1 Å². The number of nitrogens with one attached hydrogen (secondary N) is 2. The van der Waals surface area contributed by atoms with Crippen LogP contribution in [0.4, 0.5) is 15.3 Å². The minimum atomic E-state index is -0.865. The van der Waals surface area contributed by atoms with Crippen molar-refractivity contribution >= 4 is 35.3 Å². The van der Waals surface area contributed by atoms with Crippen LogP contribution in [0.3, 0.4) is 0 Å². The van der Waals surface area contributed by atoms with Crippen molar-refractivity contribution in [3.63, 3.8) is 0 Å². The van der Waals surface area contributed by atoms with Gasteiger partial charge in [-0.1, -0.05) is 17.7 Å². The number of likely N-dealkylation sites (tertiary alicyclic amines) is 1. The third kappa shape index (κ3) is 2.80. The molecule has 2 fully saturated rings. The minimum Gasteiger partial charge on any atom is -0.324 e. The highest BCUT2D eigenvalue weighted by molar-refractivity contribution is 6.31. The summed E-state index contributed by atoms with van der Waals surface area (Å²) < 4.78 is 0. The summed E-state index contributed by atoms with van der Waals surface area (Å²) in [5.41, 5.74) is 0.700. The van der Waals surface area contributed by atoms with Gasteiger partial charge in [-0.25, -0.2) is 9.59 Å². The summed E-state index contributed by atoms with van der Waals surface area (Å²) in [5, 5.41) is 6.15. The molecule has 24 heavy (non-hydrogen) atoms. The first-order valence-electron chi connectivity index (χ1n) is 7.75. The summed E-state index contributed by atoms with van der Waals surface area (Å²) in [7, 11) is 1.46. The third-order valence-electron chi connectivity index (χ3n) is 4.69. The predicted octanol–water partition coefficient (Wildman–Crippen LogP) is 2.20. The smallest absolute Gasteiger partial charge is 0.324 e. The normalized spacial score (nSPS) is 19.6. The maximum Gasteiger partial charge on any atom is 0.324 e. The van der Waals surface area contributed by atoms with Gasteiger partial charge in [-0.15, -0.1) is 0 Å². The number of nitrogens with zero attached hydrogens (tertiary/aromatic N) is 2. The molecule has 128 valence electrons. The largest absolute Gasteiger partial charge is 0.324 e. The quantitative estimate of drug-likeness (QED) is 0.762. The maximum absolute atomic E-state index is 12.4. The number of anilines is 1. The number of halogens is 1. The van der Waals surface area contributed by atoms with Crippen molar-refractivity contribution in [2.24, 2.45) is 0 Å². The standard InChI is InChI=1S/C16H19ClN4O3/c1-10-3-4-11(9-12(10)17)18-14(23)21-7-5-16(6-8-21)13(22)20(2)15(24)19-16/h3-4,9H,5-8H2,1-2H3,(H,18,23)(H,19,24). The summed E-state index contributed by atoms with van der Waals surface area (Å²) in [4.78, 5) is 39.0. The summed E-state index contributed by atoms with van der Waals surface area (Å²) in [5.74, 6) is -0.224. The van der Waals surface area contributed by atoms with Crippen LogP contribution in [0.5, 0.6) is 0 Å². The van der Waals surface area contributed by atoms with E-state index in [1.165, 1.54) is 7.05 Å². The van der Waals surface area contributed by atoms with Gasteiger partial charge in [0.05, 0.1) is 0 Å². The molecule has 0 aromatic heterocycles. The van der Waals surface area contributed by atoms with E-state index < -0.39 is 5.54 Å². The van der Waals surface area contributed by atoms with Crippen LogP contribution in [0.25, 0.3) is 0 Å². The molecule has 0 unspecified atom stereocenters. The Hall–Kier alpha value is -2.28. The van der Waals surface area contributed by atoms with Gasteiger partial charge in [0.25, 0.3) is 5.91 Å². The SMILES string of the molecule is Cc1ccc(NC(=O)N2CCC3(CC2)NC(=O)N(C)C3=O)cc1Cl. The number of imide groups is 1. The zero-order valence-electron chi connectivity index (χ0n) is 13.6. The van der Waals surface area contributed by atoms with Crippen LogP contribution >= 0.6 is 11.6 Å². The molecule has 2 saturated heterocycles. The van der Waals surface area contributed by atoms with E-state index in [1.807, 2.05) is 13.0 Å². The lowest BCUT2D eigenvalue weighted by Crippen LogP contribution is -2.56. The molecule has 0 radical (unpaired) electrons. The summed E-state index contributed by atoms with van der Waals surface area (Å²) in [6.45, 7) is 2.68. The van der Waals surface area contributed by atoms with Gasteiger partial charge in [-0.3, -0.25) is 9.69 Å². The third-order valence-corrected chi connectivity index (χ3v) is 5.10. The van der Waals surface area contributed by atoms with Crippen LogP contribution in [0.2, 0.25) is 5.02 Å². The molecule has 2 aliphatic heterocycles. The van der Waals surface area contributed by atoms with Crippen LogP contribution in [-0.2, 0) is 4.79 Å². The second kappa shape index (κ2) is 5.98. The molecule has 5 amide bonds. The molecular weight excluding hydrogens is 332 g/mol. The molecule has 2 N–H and O–H groups in total. The van der Waals surface area contributed by atoms with Crippen LogP contribution < -0.4 is 10.6 Å². The Morgan fingerprint density at radius 1 is 1.29 bits per heavy atom. The zero-order chi connectivity index (χ0) is 17.5. The Balaban J connectivity index is 1.62. The Labute approximate surface area is 144 Å². The minimum absolute atomic E-state index is 0.224. The first-order chi connectivity index (χ1) is 11.3. The molecule has 2 heterocycles. The van der Waals surface area contributed by atoms with E-state index in [0.717, 1.165) is 10.5 Å². The Kier molecular flexibility index (Phi) is 4.13. The molecule has 0 aliphatic carbocycles. The molecule has 0 saturated carbocycles.